The molecule has 3 atom stereocenters. The van der Waals surface area contributed by atoms with E-state index in [-0.39, 0.29) is 35.6 Å². The quantitative estimate of drug-likeness (QED) is 0.611. The van der Waals surface area contributed by atoms with Crippen molar-refractivity contribution in [2.24, 2.45) is 17.8 Å². The molecule has 2 N–H and O–H groups in total. The van der Waals surface area contributed by atoms with E-state index in [0.29, 0.717) is 23.0 Å². The van der Waals surface area contributed by atoms with Crippen LogP contribution in [0.2, 0.25) is 5.02 Å². The van der Waals surface area contributed by atoms with Crippen LogP contribution >= 0.6 is 11.6 Å². The summed E-state index contributed by atoms with van der Waals surface area (Å²) in [4.78, 5) is 41.4. The molecular formula is C26H39ClN4O3. The highest BCUT2D eigenvalue weighted by Crippen LogP contribution is 2.30. The molecule has 0 bridgehead atoms. The zero-order chi connectivity index (χ0) is 25.0. The van der Waals surface area contributed by atoms with Gasteiger partial charge in [-0.2, -0.15) is 0 Å². The Hall–Kier alpha value is -2.28. The van der Waals surface area contributed by atoms with Crippen molar-refractivity contribution in [1.82, 2.24) is 15.5 Å². The van der Waals surface area contributed by atoms with E-state index < -0.39 is 0 Å². The number of amides is 3. The van der Waals surface area contributed by atoms with Crippen LogP contribution in [0.3, 0.4) is 0 Å². The van der Waals surface area contributed by atoms with Crippen LogP contribution in [-0.4, -0.2) is 61.4 Å². The van der Waals surface area contributed by atoms with Crippen LogP contribution in [-0.2, 0) is 9.59 Å². The normalized spacial score (nSPS) is 23.4. The SMILES string of the molecule is CCN(CC1CCN(C(C)=O)CC1)c1cc(Cl)cc(C(=O)NCC2C(=O)NC(C)CC2C)c1C. The minimum Gasteiger partial charge on any atom is -0.371 e. The van der Waals surface area contributed by atoms with Gasteiger partial charge in [0.05, 0.1) is 5.92 Å². The van der Waals surface area contributed by atoms with Gasteiger partial charge in [-0.1, -0.05) is 18.5 Å². The highest BCUT2D eigenvalue weighted by Gasteiger charge is 2.32. The number of nitrogens with one attached hydrogen (secondary N) is 2. The fourth-order valence-corrected chi connectivity index (χ4v) is 5.56. The maximum absolute atomic E-state index is 13.1. The van der Waals surface area contributed by atoms with Crippen LogP contribution in [0.15, 0.2) is 12.1 Å². The fraction of sp³-hybridized carbons (Fsp3) is 0.654. The molecule has 7 nitrogen and oxygen atoms in total. The van der Waals surface area contributed by atoms with Gasteiger partial charge in [0.25, 0.3) is 5.91 Å². The molecule has 3 rings (SSSR count). The van der Waals surface area contributed by atoms with Gasteiger partial charge in [-0.15, -0.1) is 0 Å². The molecule has 3 amide bonds. The van der Waals surface area contributed by atoms with Gasteiger partial charge in [0, 0.05) is 62.0 Å². The molecule has 0 aliphatic carbocycles. The van der Waals surface area contributed by atoms with E-state index in [0.717, 1.165) is 56.7 Å². The van der Waals surface area contributed by atoms with Gasteiger partial charge in [-0.25, -0.2) is 0 Å². The van der Waals surface area contributed by atoms with Crippen molar-refractivity contribution in [3.05, 3.63) is 28.3 Å². The first-order chi connectivity index (χ1) is 16.1. The zero-order valence-electron chi connectivity index (χ0n) is 21.1. The first-order valence-corrected chi connectivity index (χ1v) is 12.9. The minimum atomic E-state index is -0.230. The number of hydrogen-bond donors (Lipinski definition) is 2. The van der Waals surface area contributed by atoms with Gasteiger partial charge in [0.2, 0.25) is 11.8 Å². The lowest BCUT2D eigenvalue weighted by Crippen LogP contribution is -2.50. The lowest BCUT2D eigenvalue weighted by Gasteiger charge is -2.35. The average Bonchev–Trinajstić information content (AvgIpc) is 2.78. The third-order valence-electron chi connectivity index (χ3n) is 7.47. The van der Waals surface area contributed by atoms with Gasteiger partial charge >= 0.3 is 0 Å². The number of hydrogen-bond acceptors (Lipinski definition) is 4. The summed E-state index contributed by atoms with van der Waals surface area (Å²) in [6.07, 6.45) is 2.86. The summed E-state index contributed by atoms with van der Waals surface area (Å²) >= 11 is 6.46. The van der Waals surface area contributed by atoms with E-state index in [1.807, 2.05) is 24.8 Å². The predicted octanol–water partition coefficient (Wildman–Crippen LogP) is 3.62. The third-order valence-corrected chi connectivity index (χ3v) is 7.69. The molecule has 2 aliphatic rings. The molecule has 2 aliphatic heterocycles. The Morgan fingerprint density at radius 1 is 1.24 bits per heavy atom. The monoisotopic (exact) mass is 490 g/mol. The molecule has 2 heterocycles. The molecule has 0 saturated carbocycles. The number of piperidine rings is 2. The summed E-state index contributed by atoms with van der Waals surface area (Å²) < 4.78 is 0. The molecule has 2 fully saturated rings. The summed E-state index contributed by atoms with van der Waals surface area (Å²) in [5, 5.41) is 6.48. The van der Waals surface area contributed by atoms with Crippen LogP contribution in [0, 0.1) is 24.7 Å². The Bertz CT molecular complexity index is 914. The fourth-order valence-electron chi connectivity index (χ4n) is 5.35. The van der Waals surface area contributed by atoms with Crippen molar-refractivity contribution < 1.29 is 14.4 Å². The number of carbonyl (C=O) groups excluding carboxylic acids is 3. The minimum absolute atomic E-state index is 0.00281. The molecule has 8 heteroatoms. The first kappa shape index (κ1) is 26.3. The molecule has 34 heavy (non-hydrogen) atoms. The van der Waals surface area contributed by atoms with Gasteiger partial charge < -0.3 is 20.4 Å². The second-order valence-electron chi connectivity index (χ2n) is 10.0. The lowest BCUT2D eigenvalue weighted by molar-refractivity contribution is -0.130. The summed E-state index contributed by atoms with van der Waals surface area (Å²) in [6, 6.07) is 3.81. The molecule has 1 aromatic carbocycles. The van der Waals surface area contributed by atoms with Crippen molar-refractivity contribution >= 4 is 35.0 Å². The summed E-state index contributed by atoms with van der Waals surface area (Å²) in [6.45, 7) is 13.3. The van der Waals surface area contributed by atoms with Crippen molar-refractivity contribution in [3.63, 3.8) is 0 Å². The van der Waals surface area contributed by atoms with Crippen molar-refractivity contribution in [1.29, 1.82) is 0 Å². The maximum atomic E-state index is 13.1. The Labute approximate surface area is 208 Å². The smallest absolute Gasteiger partial charge is 0.251 e. The molecule has 0 radical (unpaired) electrons. The highest BCUT2D eigenvalue weighted by molar-refractivity contribution is 6.31. The van der Waals surface area contributed by atoms with Gasteiger partial charge in [0.15, 0.2) is 0 Å². The molecule has 188 valence electrons. The number of carbonyl (C=O) groups is 3. The van der Waals surface area contributed by atoms with Gasteiger partial charge in [-0.3, -0.25) is 14.4 Å². The average molecular weight is 491 g/mol. The number of nitrogens with zero attached hydrogens (tertiary/aromatic N) is 2. The topological polar surface area (TPSA) is 81.8 Å². The lowest BCUT2D eigenvalue weighted by atomic mass is 9.84. The van der Waals surface area contributed by atoms with Crippen molar-refractivity contribution in [3.8, 4) is 0 Å². The van der Waals surface area contributed by atoms with Gasteiger partial charge in [-0.05, 0) is 69.6 Å². The Balaban J connectivity index is 1.70. The second kappa shape index (κ2) is 11.4. The van der Waals surface area contributed by atoms with E-state index in [4.69, 9.17) is 11.6 Å². The number of rotatable bonds is 7. The first-order valence-electron chi connectivity index (χ1n) is 12.5. The summed E-state index contributed by atoms with van der Waals surface area (Å²) in [5.41, 5.74) is 2.40. The molecule has 0 spiro atoms. The van der Waals surface area contributed by atoms with Crippen LogP contribution in [0.4, 0.5) is 5.69 Å². The maximum Gasteiger partial charge on any atom is 0.251 e. The van der Waals surface area contributed by atoms with Gasteiger partial charge in [0.1, 0.15) is 0 Å². The number of likely N-dealkylation sites (tertiary alicyclic amines) is 1. The molecule has 3 unspecified atom stereocenters. The Kier molecular flexibility index (Phi) is 8.85. The standard InChI is InChI=1S/C26H39ClN4O3/c1-6-30(15-20-7-9-31(10-8-20)19(5)32)24-13-21(27)12-22(18(24)4)25(33)28-14-23-16(2)11-17(3)29-26(23)34/h12-13,16-17,20,23H,6-11,14-15H2,1-5H3,(H,28,33)(H,29,34). The van der Waals surface area contributed by atoms with Crippen LogP contribution in [0.1, 0.15) is 62.9 Å². The second-order valence-corrected chi connectivity index (χ2v) is 10.5. The summed E-state index contributed by atoms with van der Waals surface area (Å²) in [5.74, 6) is 0.410. The zero-order valence-corrected chi connectivity index (χ0v) is 21.9. The number of benzene rings is 1. The predicted molar refractivity (Wildman–Crippen MR) is 136 cm³/mol. The van der Waals surface area contributed by atoms with Crippen molar-refractivity contribution in [2.45, 2.75) is 59.9 Å². The molecule has 2 saturated heterocycles. The third kappa shape index (κ3) is 6.23. The Morgan fingerprint density at radius 2 is 1.91 bits per heavy atom. The van der Waals surface area contributed by atoms with E-state index >= 15 is 0 Å². The number of anilines is 1. The highest BCUT2D eigenvalue weighted by atomic mass is 35.5. The molecular weight excluding hydrogens is 452 g/mol. The van der Waals surface area contributed by atoms with Crippen LogP contribution < -0.4 is 15.5 Å². The molecule has 0 aromatic heterocycles. The van der Waals surface area contributed by atoms with E-state index in [1.54, 1.807) is 13.0 Å². The van der Waals surface area contributed by atoms with Crippen LogP contribution in [0.25, 0.3) is 0 Å². The molecule has 1 aromatic rings. The largest absolute Gasteiger partial charge is 0.371 e. The summed E-state index contributed by atoms with van der Waals surface area (Å²) in [7, 11) is 0. The van der Waals surface area contributed by atoms with E-state index in [1.165, 1.54) is 0 Å². The van der Waals surface area contributed by atoms with E-state index in [2.05, 4.69) is 29.4 Å². The number of halogens is 1. The van der Waals surface area contributed by atoms with Crippen LogP contribution in [0.5, 0.6) is 0 Å². The van der Waals surface area contributed by atoms with Crippen molar-refractivity contribution in [2.75, 3.05) is 37.6 Å². The van der Waals surface area contributed by atoms with E-state index in [9.17, 15) is 14.4 Å². The Morgan fingerprint density at radius 3 is 2.50 bits per heavy atom.